The number of benzene rings is 2. The van der Waals surface area contributed by atoms with Crippen LogP contribution in [-0.4, -0.2) is 45.9 Å². The number of carbonyl (C=O) groups excluding carboxylic acids is 2. The van der Waals surface area contributed by atoms with Gasteiger partial charge in [-0.3, -0.25) is 9.59 Å². The maximum atomic E-state index is 13.2. The number of para-hydroxylation sites is 3. The van der Waals surface area contributed by atoms with E-state index in [0.29, 0.717) is 13.0 Å². The monoisotopic (exact) mass is 446 g/mol. The highest BCUT2D eigenvalue weighted by Crippen LogP contribution is 2.36. The van der Waals surface area contributed by atoms with Crippen LogP contribution in [-0.2, 0) is 16.1 Å². The molecule has 6 heteroatoms. The first kappa shape index (κ1) is 23.0. The van der Waals surface area contributed by atoms with E-state index in [0.717, 1.165) is 59.6 Å². The van der Waals surface area contributed by atoms with Gasteiger partial charge in [-0.25, -0.2) is 4.98 Å². The number of fused-ring (bicyclic) bond motifs is 1. The molecule has 33 heavy (non-hydrogen) atoms. The zero-order chi connectivity index (χ0) is 23.5. The molecule has 0 N–H and O–H groups in total. The quantitative estimate of drug-likeness (QED) is 0.498. The first-order valence-electron chi connectivity index (χ1n) is 12.0. The molecular formula is C27H34N4O2. The molecule has 1 saturated heterocycles. The van der Waals surface area contributed by atoms with Gasteiger partial charge in [-0.15, -0.1) is 0 Å². The molecule has 0 saturated carbocycles. The zero-order valence-electron chi connectivity index (χ0n) is 20.2. The third-order valence-electron chi connectivity index (χ3n) is 6.52. The highest BCUT2D eigenvalue weighted by atomic mass is 16.2. The van der Waals surface area contributed by atoms with E-state index in [1.165, 1.54) is 0 Å². The molecule has 1 aromatic heterocycles. The molecule has 1 aliphatic heterocycles. The first-order valence-corrected chi connectivity index (χ1v) is 12.0. The summed E-state index contributed by atoms with van der Waals surface area (Å²) in [6.07, 6.45) is 2.27. The fraction of sp³-hybridized carbons (Fsp3) is 0.444. The van der Waals surface area contributed by atoms with Gasteiger partial charge in [-0.1, -0.05) is 44.2 Å². The lowest BCUT2D eigenvalue weighted by molar-refractivity contribution is -0.131. The summed E-state index contributed by atoms with van der Waals surface area (Å²) in [5.74, 6) is 1.00. The molecule has 0 radical (unpaired) electrons. The van der Waals surface area contributed by atoms with E-state index in [2.05, 4.69) is 13.8 Å². The predicted octanol–water partition coefficient (Wildman–Crippen LogP) is 4.82. The molecular weight excluding hydrogens is 412 g/mol. The molecule has 1 aliphatic rings. The molecule has 1 fully saturated rings. The van der Waals surface area contributed by atoms with E-state index in [1.54, 1.807) is 0 Å². The largest absolute Gasteiger partial charge is 0.341 e. The number of aromatic nitrogens is 2. The Balaban J connectivity index is 1.68. The van der Waals surface area contributed by atoms with Gasteiger partial charge >= 0.3 is 0 Å². The van der Waals surface area contributed by atoms with Gasteiger partial charge in [0, 0.05) is 37.7 Å². The maximum Gasteiger partial charge on any atom is 0.242 e. The SMILES string of the molecule is CCCN(CCC)C(=O)Cn1c([C@H]2CC(=O)N(c3c(C)cccc3C)C2)nc2ccccc21. The van der Waals surface area contributed by atoms with E-state index < -0.39 is 0 Å². The van der Waals surface area contributed by atoms with E-state index in [9.17, 15) is 9.59 Å². The van der Waals surface area contributed by atoms with Crippen LogP contribution in [0.5, 0.6) is 0 Å². The number of nitrogens with zero attached hydrogens (tertiary/aromatic N) is 4. The Labute approximate surface area is 196 Å². The fourth-order valence-corrected chi connectivity index (χ4v) is 5.04. The Hall–Kier alpha value is -3.15. The van der Waals surface area contributed by atoms with Crippen LogP contribution in [0.2, 0.25) is 0 Å². The van der Waals surface area contributed by atoms with Crippen LogP contribution in [0.1, 0.15) is 56.0 Å². The Kier molecular flexibility index (Phi) is 6.82. The van der Waals surface area contributed by atoms with E-state index >= 15 is 0 Å². The third-order valence-corrected chi connectivity index (χ3v) is 6.52. The van der Waals surface area contributed by atoms with Gasteiger partial charge in [0.25, 0.3) is 0 Å². The molecule has 0 aliphatic carbocycles. The molecule has 4 rings (SSSR count). The Morgan fingerprint density at radius 1 is 1.03 bits per heavy atom. The lowest BCUT2D eigenvalue weighted by Crippen LogP contribution is -2.35. The van der Waals surface area contributed by atoms with Crippen LogP contribution in [0.3, 0.4) is 0 Å². The van der Waals surface area contributed by atoms with Crippen molar-refractivity contribution < 1.29 is 9.59 Å². The topological polar surface area (TPSA) is 58.4 Å². The maximum absolute atomic E-state index is 13.2. The second kappa shape index (κ2) is 9.77. The predicted molar refractivity (Wildman–Crippen MR) is 133 cm³/mol. The Morgan fingerprint density at radius 2 is 1.70 bits per heavy atom. The van der Waals surface area contributed by atoms with Crippen molar-refractivity contribution in [2.75, 3.05) is 24.5 Å². The van der Waals surface area contributed by atoms with Crippen molar-refractivity contribution in [2.45, 2.75) is 59.4 Å². The fourth-order valence-electron chi connectivity index (χ4n) is 5.04. The second-order valence-corrected chi connectivity index (χ2v) is 9.07. The summed E-state index contributed by atoms with van der Waals surface area (Å²) in [4.78, 5) is 35.1. The number of imidazole rings is 1. The van der Waals surface area contributed by atoms with Crippen molar-refractivity contribution in [3.8, 4) is 0 Å². The van der Waals surface area contributed by atoms with Gasteiger partial charge in [0.15, 0.2) is 0 Å². The van der Waals surface area contributed by atoms with Crippen LogP contribution < -0.4 is 4.90 Å². The standard InChI is InChI=1S/C27H34N4O2/c1-5-14-29(15-6-2)25(33)18-30-23-13-8-7-12-22(23)28-27(30)21-16-24(32)31(17-21)26-19(3)10-9-11-20(26)4/h7-13,21H,5-6,14-18H2,1-4H3/t21-/m0/s1. The molecule has 2 heterocycles. The molecule has 0 unspecified atom stereocenters. The first-order chi connectivity index (χ1) is 15.9. The van der Waals surface area contributed by atoms with Crippen molar-refractivity contribution in [2.24, 2.45) is 0 Å². The number of hydrogen-bond acceptors (Lipinski definition) is 3. The smallest absolute Gasteiger partial charge is 0.242 e. The van der Waals surface area contributed by atoms with Crippen molar-refractivity contribution in [3.05, 3.63) is 59.4 Å². The minimum absolute atomic E-state index is 0.0532. The highest BCUT2D eigenvalue weighted by Gasteiger charge is 2.36. The third kappa shape index (κ3) is 4.52. The number of aryl methyl sites for hydroxylation is 2. The number of amides is 2. The van der Waals surface area contributed by atoms with Gasteiger partial charge < -0.3 is 14.4 Å². The number of hydrogen-bond donors (Lipinski definition) is 0. The summed E-state index contributed by atoms with van der Waals surface area (Å²) < 4.78 is 2.04. The van der Waals surface area contributed by atoms with Crippen LogP contribution in [0, 0.1) is 13.8 Å². The van der Waals surface area contributed by atoms with Crippen LogP contribution in [0.4, 0.5) is 5.69 Å². The van der Waals surface area contributed by atoms with Gasteiger partial charge in [-0.2, -0.15) is 0 Å². The molecule has 3 aromatic rings. The van der Waals surface area contributed by atoms with E-state index in [1.807, 2.05) is 70.7 Å². The van der Waals surface area contributed by atoms with Crippen molar-refractivity contribution >= 4 is 28.5 Å². The van der Waals surface area contributed by atoms with Crippen LogP contribution >= 0.6 is 0 Å². The number of carbonyl (C=O) groups is 2. The zero-order valence-corrected chi connectivity index (χ0v) is 20.2. The molecule has 174 valence electrons. The molecule has 6 nitrogen and oxygen atoms in total. The van der Waals surface area contributed by atoms with Crippen LogP contribution in [0.15, 0.2) is 42.5 Å². The van der Waals surface area contributed by atoms with Gasteiger partial charge in [0.2, 0.25) is 11.8 Å². The summed E-state index contributed by atoms with van der Waals surface area (Å²) in [6.45, 7) is 10.6. The Bertz CT molecular complexity index is 1140. The summed E-state index contributed by atoms with van der Waals surface area (Å²) in [5.41, 5.74) is 5.02. The van der Waals surface area contributed by atoms with Gasteiger partial charge in [0.1, 0.15) is 12.4 Å². The molecule has 0 spiro atoms. The van der Waals surface area contributed by atoms with Gasteiger partial charge in [0.05, 0.1) is 11.0 Å². The van der Waals surface area contributed by atoms with E-state index in [4.69, 9.17) is 4.98 Å². The minimum atomic E-state index is -0.0532. The number of anilines is 1. The summed E-state index contributed by atoms with van der Waals surface area (Å²) in [6, 6.07) is 14.1. The van der Waals surface area contributed by atoms with Crippen molar-refractivity contribution in [3.63, 3.8) is 0 Å². The van der Waals surface area contributed by atoms with Crippen molar-refractivity contribution in [1.29, 1.82) is 0 Å². The lowest BCUT2D eigenvalue weighted by Gasteiger charge is -2.23. The average molecular weight is 447 g/mol. The lowest BCUT2D eigenvalue weighted by atomic mass is 10.1. The van der Waals surface area contributed by atoms with Gasteiger partial charge in [-0.05, 0) is 49.9 Å². The summed E-state index contributed by atoms with van der Waals surface area (Å²) >= 11 is 0. The summed E-state index contributed by atoms with van der Waals surface area (Å²) in [7, 11) is 0. The number of rotatable bonds is 8. The normalized spacial score (nSPS) is 16.1. The summed E-state index contributed by atoms with van der Waals surface area (Å²) in [5, 5.41) is 0. The molecule has 2 aromatic carbocycles. The minimum Gasteiger partial charge on any atom is -0.341 e. The second-order valence-electron chi connectivity index (χ2n) is 9.07. The van der Waals surface area contributed by atoms with E-state index in [-0.39, 0.29) is 24.3 Å². The molecule has 2 amide bonds. The van der Waals surface area contributed by atoms with Crippen LogP contribution in [0.25, 0.3) is 11.0 Å². The Morgan fingerprint density at radius 3 is 2.36 bits per heavy atom. The molecule has 1 atom stereocenters. The highest BCUT2D eigenvalue weighted by molar-refractivity contribution is 5.98. The van der Waals surface area contributed by atoms with Crippen molar-refractivity contribution in [1.82, 2.24) is 14.5 Å². The average Bonchev–Trinajstić information content (AvgIpc) is 3.34. The molecule has 0 bridgehead atoms.